The second-order valence-corrected chi connectivity index (χ2v) is 5.37. The first kappa shape index (κ1) is 16.0. The van der Waals surface area contributed by atoms with Crippen LogP contribution in [-0.4, -0.2) is 36.7 Å². The molecule has 0 spiro atoms. The number of hydrogen-bond acceptors (Lipinski definition) is 5. The summed E-state index contributed by atoms with van der Waals surface area (Å²) < 4.78 is 1.87. The maximum atomic E-state index is 10.6. The summed E-state index contributed by atoms with van der Waals surface area (Å²) in [4.78, 5) is 10.6. The SMILES string of the molecule is CCC(CC)C(C)n1c(CO)nnc1SCC(=O)O. The summed E-state index contributed by atoms with van der Waals surface area (Å²) in [5.74, 6) is -0.00260. The fourth-order valence-corrected chi connectivity index (χ4v) is 2.99. The van der Waals surface area contributed by atoms with Crippen LogP contribution in [0.1, 0.15) is 45.5 Å². The Morgan fingerprint density at radius 2 is 2.00 bits per heavy atom. The second kappa shape index (κ2) is 7.49. The Morgan fingerprint density at radius 1 is 1.37 bits per heavy atom. The quantitative estimate of drug-likeness (QED) is 0.710. The Hall–Kier alpha value is -1.08. The maximum absolute atomic E-state index is 10.6. The van der Waals surface area contributed by atoms with Crippen LogP contribution in [0.3, 0.4) is 0 Å². The van der Waals surface area contributed by atoms with E-state index < -0.39 is 5.97 Å². The molecule has 0 saturated heterocycles. The fourth-order valence-electron chi connectivity index (χ4n) is 2.23. The number of carbonyl (C=O) groups is 1. The average molecular weight is 287 g/mol. The topological polar surface area (TPSA) is 88.2 Å². The second-order valence-electron chi connectivity index (χ2n) is 4.43. The highest BCUT2D eigenvalue weighted by Crippen LogP contribution is 2.29. The van der Waals surface area contributed by atoms with Gasteiger partial charge in [0.1, 0.15) is 6.61 Å². The van der Waals surface area contributed by atoms with Gasteiger partial charge >= 0.3 is 5.97 Å². The van der Waals surface area contributed by atoms with Crippen molar-refractivity contribution < 1.29 is 15.0 Å². The Balaban J connectivity index is 3.00. The molecular formula is C12H21N3O3S. The van der Waals surface area contributed by atoms with Gasteiger partial charge in [-0.2, -0.15) is 0 Å². The maximum Gasteiger partial charge on any atom is 0.313 e. The van der Waals surface area contributed by atoms with Crippen molar-refractivity contribution in [2.24, 2.45) is 5.92 Å². The van der Waals surface area contributed by atoms with E-state index in [0.29, 0.717) is 16.9 Å². The zero-order valence-electron chi connectivity index (χ0n) is 11.5. The van der Waals surface area contributed by atoms with E-state index in [1.807, 2.05) is 4.57 Å². The molecule has 0 bridgehead atoms. The van der Waals surface area contributed by atoms with Crippen molar-refractivity contribution in [2.75, 3.05) is 5.75 Å². The minimum absolute atomic E-state index is 0.0564. The van der Waals surface area contributed by atoms with Gasteiger partial charge in [-0.15, -0.1) is 10.2 Å². The van der Waals surface area contributed by atoms with Crippen molar-refractivity contribution in [1.29, 1.82) is 0 Å². The Bertz CT molecular complexity index is 418. The van der Waals surface area contributed by atoms with Crippen molar-refractivity contribution >= 4 is 17.7 Å². The zero-order valence-corrected chi connectivity index (χ0v) is 12.4. The third-order valence-electron chi connectivity index (χ3n) is 3.34. The van der Waals surface area contributed by atoms with Crippen LogP contribution in [-0.2, 0) is 11.4 Å². The number of aliphatic carboxylic acids is 1. The van der Waals surface area contributed by atoms with Gasteiger partial charge in [-0.3, -0.25) is 4.79 Å². The number of carboxylic acid groups (broad SMARTS) is 1. The van der Waals surface area contributed by atoms with Crippen molar-refractivity contribution in [3.05, 3.63) is 5.82 Å². The van der Waals surface area contributed by atoms with E-state index in [4.69, 9.17) is 5.11 Å². The summed E-state index contributed by atoms with van der Waals surface area (Å²) in [6.07, 6.45) is 2.04. The van der Waals surface area contributed by atoms with Gasteiger partial charge in [-0.05, 0) is 12.8 Å². The van der Waals surface area contributed by atoms with E-state index >= 15 is 0 Å². The van der Waals surface area contributed by atoms with Crippen LogP contribution in [0.5, 0.6) is 0 Å². The van der Waals surface area contributed by atoms with E-state index in [1.54, 1.807) is 0 Å². The van der Waals surface area contributed by atoms with E-state index in [2.05, 4.69) is 31.0 Å². The molecule has 1 aromatic rings. The predicted molar refractivity (Wildman–Crippen MR) is 73.1 cm³/mol. The van der Waals surface area contributed by atoms with Crippen LogP contribution in [0.4, 0.5) is 0 Å². The van der Waals surface area contributed by atoms with E-state index in [1.165, 1.54) is 0 Å². The number of thioether (sulfide) groups is 1. The summed E-state index contributed by atoms with van der Waals surface area (Å²) >= 11 is 1.14. The summed E-state index contributed by atoms with van der Waals surface area (Å²) in [5, 5.41) is 26.6. The van der Waals surface area contributed by atoms with Gasteiger partial charge in [0.25, 0.3) is 0 Å². The molecule has 0 fully saturated rings. The number of carboxylic acids is 1. The molecule has 1 rings (SSSR count). The lowest BCUT2D eigenvalue weighted by Crippen LogP contribution is -2.19. The standard InChI is InChI=1S/C12H21N3O3S/c1-4-9(5-2)8(3)15-10(6-16)13-14-12(15)19-7-11(17)18/h8-9,16H,4-7H2,1-3H3,(H,17,18). The summed E-state index contributed by atoms with van der Waals surface area (Å²) in [5.41, 5.74) is 0. The molecule has 1 aromatic heterocycles. The smallest absolute Gasteiger partial charge is 0.313 e. The Morgan fingerprint density at radius 3 is 2.47 bits per heavy atom. The molecule has 0 aromatic carbocycles. The molecule has 0 aliphatic heterocycles. The number of rotatable bonds is 8. The highest BCUT2D eigenvalue weighted by atomic mass is 32.2. The van der Waals surface area contributed by atoms with Crippen molar-refractivity contribution in [3.63, 3.8) is 0 Å². The van der Waals surface area contributed by atoms with Crippen LogP contribution >= 0.6 is 11.8 Å². The minimum Gasteiger partial charge on any atom is -0.481 e. The number of aliphatic hydroxyl groups excluding tert-OH is 1. The van der Waals surface area contributed by atoms with Crippen molar-refractivity contribution in [2.45, 2.75) is 51.4 Å². The van der Waals surface area contributed by atoms with Crippen LogP contribution in [0.15, 0.2) is 5.16 Å². The average Bonchev–Trinajstić information content (AvgIpc) is 2.80. The van der Waals surface area contributed by atoms with Crippen LogP contribution < -0.4 is 0 Å². The summed E-state index contributed by atoms with van der Waals surface area (Å²) in [7, 11) is 0. The number of aliphatic hydroxyl groups is 1. The van der Waals surface area contributed by atoms with Gasteiger partial charge in [-0.1, -0.05) is 38.5 Å². The molecule has 7 heteroatoms. The monoisotopic (exact) mass is 287 g/mol. The summed E-state index contributed by atoms with van der Waals surface area (Å²) in [6.45, 7) is 6.12. The predicted octanol–water partition coefficient (Wildman–Crippen LogP) is 1.94. The van der Waals surface area contributed by atoms with Gasteiger partial charge in [0.15, 0.2) is 11.0 Å². The van der Waals surface area contributed by atoms with Crippen LogP contribution in [0.2, 0.25) is 0 Å². The molecule has 0 amide bonds. The summed E-state index contributed by atoms with van der Waals surface area (Å²) in [6, 6.07) is 0.142. The Labute approximate surface area is 117 Å². The van der Waals surface area contributed by atoms with Gasteiger partial charge in [0.05, 0.1) is 5.75 Å². The first-order valence-corrected chi connectivity index (χ1v) is 7.42. The zero-order chi connectivity index (χ0) is 14.4. The van der Waals surface area contributed by atoms with Gasteiger partial charge in [0.2, 0.25) is 0 Å². The lowest BCUT2D eigenvalue weighted by Gasteiger charge is -2.24. The normalized spacial score (nSPS) is 12.9. The molecule has 1 heterocycles. The molecule has 2 N–H and O–H groups in total. The third kappa shape index (κ3) is 3.94. The molecule has 6 nitrogen and oxygen atoms in total. The van der Waals surface area contributed by atoms with E-state index in [0.717, 1.165) is 24.6 Å². The van der Waals surface area contributed by atoms with E-state index in [-0.39, 0.29) is 18.4 Å². The molecule has 1 atom stereocenters. The lowest BCUT2D eigenvalue weighted by molar-refractivity contribution is -0.133. The molecule has 0 saturated carbocycles. The van der Waals surface area contributed by atoms with Crippen molar-refractivity contribution in [3.8, 4) is 0 Å². The van der Waals surface area contributed by atoms with E-state index in [9.17, 15) is 9.90 Å². The Kier molecular flexibility index (Phi) is 6.30. The first-order chi connectivity index (χ1) is 9.04. The fraction of sp³-hybridized carbons (Fsp3) is 0.750. The van der Waals surface area contributed by atoms with Gasteiger partial charge in [0, 0.05) is 6.04 Å². The lowest BCUT2D eigenvalue weighted by atomic mass is 9.95. The van der Waals surface area contributed by atoms with Crippen molar-refractivity contribution in [1.82, 2.24) is 14.8 Å². The molecule has 0 radical (unpaired) electrons. The molecule has 0 aliphatic rings. The first-order valence-electron chi connectivity index (χ1n) is 6.44. The molecule has 108 valence electrons. The van der Waals surface area contributed by atoms with Gasteiger partial charge in [-0.25, -0.2) is 0 Å². The number of nitrogens with zero attached hydrogens (tertiary/aromatic N) is 3. The largest absolute Gasteiger partial charge is 0.481 e. The molecule has 19 heavy (non-hydrogen) atoms. The highest BCUT2D eigenvalue weighted by Gasteiger charge is 2.23. The number of hydrogen-bond donors (Lipinski definition) is 2. The molecular weight excluding hydrogens is 266 g/mol. The minimum atomic E-state index is -0.889. The van der Waals surface area contributed by atoms with Gasteiger partial charge < -0.3 is 14.8 Å². The number of aromatic nitrogens is 3. The van der Waals surface area contributed by atoms with Crippen LogP contribution in [0, 0.1) is 5.92 Å². The molecule has 0 aliphatic carbocycles. The van der Waals surface area contributed by atoms with Crippen LogP contribution in [0.25, 0.3) is 0 Å². The molecule has 1 unspecified atom stereocenters. The highest BCUT2D eigenvalue weighted by molar-refractivity contribution is 7.99. The third-order valence-corrected chi connectivity index (χ3v) is 4.27.